The van der Waals surface area contributed by atoms with Gasteiger partial charge in [-0.1, -0.05) is 12.2 Å². The van der Waals surface area contributed by atoms with Gasteiger partial charge < -0.3 is 9.84 Å². The highest BCUT2D eigenvalue weighted by molar-refractivity contribution is 5.07. The third kappa shape index (κ3) is 1.53. The molecule has 0 radical (unpaired) electrons. The molecular weight excluding hydrogens is 116 g/mol. The van der Waals surface area contributed by atoms with Gasteiger partial charge in [0.15, 0.2) is 0 Å². The second-order valence-corrected chi connectivity index (χ2v) is 2.80. The molecule has 0 spiro atoms. The van der Waals surface area contributed by atoms with Crippen LogP contribution in [0.15, 0.2) is 12.2 Å². The van der Waals surface area contributed by atoms with Gasteiger partial charge in [0.1, 0.15) is 0 Å². The molecule has 0 aromatic carbocycles. The molecule has 1 aliphatic heterocycles. The topological polar surface area (TPSA) is 29.5 Å². The summed E-state index contributed by atoms with van der Waals surface area (Å²) in [5.74, 6) is 0. The third-order valence-electron chi connectivity index (χ3n) is 1.35. The third-order valence-corrected chi connectivity index (χ3v) is 1.35. The molecule has 2 heteroatoms. The molecule has 1 atom stereocenters. The molecule has 0 aliphatic carbocycles. The zero-order valence-corrected chi connectivity index (χ0v) is 5.79. The molecule has 52 valence electrons. The van der Waals surface area contributed by atoms with Gasteiger partial charge in [-0.3, -0.25) is 0 Å². The average Bonchev–Trinajstić information content (AvgIpc) is 2.10. The van der Waals surface area contributed by atoms with E-state index in [2.05, 4.69) is 0 Å². The summed E-state index contributed by atoms with van der Waals surface area (Å²) in [5.41, 5.74) is -0.173. The van der Waals surface area contributed by atoms with Crippen molar-refractivity contribution in [3.63, 3.8) is 0 Å². The first-order valence-corrected chi connectivity index (χ1v) is 3.12. The average molecular weight is 128 g/mol. The van der Waals surface area contributed by atoms with Crippen molar-refractivity contribution in [2.45, 2.75) is 25.6 Å². The second-order valence-electron chi connectivity index (χ2n) is 2.80. The minimum absolute atomic E-state index is 0.0833. The lowest BCUT2D eigenvalue weighted by molar-refractivity contribution is -0.0221. The van der Waals surface area contributed by atoms with Crippen LogP contribution in [0.25, 0.3) is 0 Å². The summed E-state index contributed by atoms with van der Waals surface area (Å²) in [6, 6.07) is 0. The number of aliphatic hydroxyl groups is 1. The zero-order chi connectivity index (χ0) is 6.91. The van der Waals surface area contributed by atoms with Gasteiger partial charge >= 0.3 is 0 Å². The summed E-state index contributed by atoms with van der Waals surface area (Å²) in [7, 11) is 0. The molecule has 0 saturated heterocycles. The van der Waals surface area contributed by atoms with E-state index in [1.165, 1.54) is 0 Å². The fraction of sp³-hybridized carbons (Fsp3) is 0.714. The van der Waals surface area contributed by atoms with Crippen LogP contribution >= 0.6 is 0 Å². The Labute approximate surface area is 55.1 Å². The van der Waals surface area contributed by atoms with Crippen LogP contribution in [0.1, 0.15) is 13.8 Å². The van der Waals surface area contributed by atoms with Crippen LogP contribution in [-0.4, -0.2) is 23.4 Å². The van der Waals surface area contributed by atoms with E-state index in [0.29, 0.717) is 0 Å². The van der Waals surface area contributed by atoms with Gasteiger partial charge in [-0.15, -0.1) is 0 Å². The van der Waals surface area contributed by atoms with E-state index in [1.807, 2.05) is 26.0 Å². The summed E-state index contributed by atoms with van der Waals surface area (Å²) >= 11 is 0. The van der Waals surface area contributed by atoms with Crippen molar-refractivity contribution in [1.82, 2.24) is 0 Å². The molecule has 0 bridgehead atoms. The van der Waals surface area contributed by atoms with Crippen LogP contribution in [0.2, 0.25) is 0 Å². The van der Waals surface area contributed by atoms with Crippen LogP contribution < -0.4 is 0 Å². The quantitative estimate of drug-likeness (QED) is 0.527. The van der Waals surface area contributed by atoms with E-state index >= 15 is 0 Å². The first-order valence-electron chi connectivity index (χ1n) is 3.12. The molecule has 0 unspecified atom stereocenters. The van der Waals surface area contributed by atoms with Crippen molar-refractivity contribution in [2.75, 3.05) is 6.61 Å². The molecular formula is C7H12O2. The molecule has 2 nitrogen and oxygen atoms in total. The Kier molecular flexibility index (Phi) is 1.60. The molecule has 0 aromatic heterocycles. The van der Waals surface area contributed by atoms with Crippen LogP contribution in [0, 0.1) is 0 Å². The van der Waals surface area contributed by atoms with E-state index in [1.54, 1.807) is 0 Å². The van der Waals surface area contributed by atoms with Crippen LogP contribution in [0.3, 0.4) is 0 Å². The van der Waals surface area contributed by atoms with E-state index in [-0.39, 0.29) is 18.3 Å². The summed E-state index contributed by atoms with van der Waals surface area (Å²) < 4.78 is 5.34. The van der Waals surface area contributed by atoms with Crippen molar-refractivity contribution in [1.29, 1.82) is 0 Å². The maximum atomic E-state index is 8.62. The van der Waals surface area contributed by atoms with E-state index in [9.17, 15) is 0 Å². The number of hydrogen-bond acceptors (Lipinski definition) is 2. The maximum Gasteiger partial charge on any atom is 0.0999 e. The molecule has 0 saturated carbocycles. The fourth-order valence-corrected chi connectivity index (χ4v) is 0.906. The van der Waals surface area contributed by atoms with Crippen LogP contribution in [0.5, 0.6) is 0 Å². The van der Waals surface area contributed by atoms with Crippen molar-refractivity contribution in [3.05, 3.63) is 12.2 Å². The highest BCUT2D eigenvalue weighted by Crippen LogP contribution is 2.21. The van der Waals surface area contributed by atoms with Crippen molar-refractivity contribution < 1.29 is 9.84 Å². The molecule has 9 heavy (non-hydrogen) atoms. The largest absolute Gasteiger partial charge is 0.393 e. The molecule has 1 aliphatic rings. The van der Waals surface area contributed by atoms with Crippen molar-refractivity contribution >= 4 is 0 Å². The van der Waals surface area contributed by atoms with Gasteiger partial charge in [-0.25, -0.2) is 0 Å². The molecule has 0 fully saturated rings. The maximum absolute atomic E-state index is 8.62. The second kappa shape index (κ2) is 2.12. The van der Waals surface area contributed by atoms with Gasteiger partial charge in [0.05, 0.1) is 18.3 Å². The zero-order valence-electron chi connectivity index (χ0n) is 5.79. The van der Waals surface area contributed by atoms with E-state index in [0.717, 1.165) is 0 Å². The van der Waals surface area contributed by atoms with Gasteiger partial charge in [0, 0.05) is 0 Å². The molecule has 1 rings (SSSR count). The van der Waals surface area contributed by atoms with Crippen molar-refractivity contribution in [2.24, 2.45) is 0 Å². The fourth-order valence-electron chi connectivity index (χ4n) is 0.906. The number of aliphatic hydroxyl groups excluding tert-OH is 1. The minimum atomic E-state index is -0.173. The lowest BCUT2D eigenvalue weighted by Gasteiger charge is -2.17. The van der Waals surface area contributed by atoms with Gasteiger partial charge in [-0.2, -0.15) is 0 Å². The predicted octanol–water partition coefficient (Wildman–Crippen LogP) is 0.712. The SMILES string of the molecule is CC1(C)C=C[C@@H](CO)O1. The smallest absolute Gasteiger partial charge is 0.0999 e. The highest BCUT2D eigenvalue weighted by atomic mass is 16.5. The van der Waals surface area contributed by atoms with E-state index < -0.39 is 0 Å². The highest BCUT2D eigenvalue weighted by Gasteiger charge is 2.24. The van der Waals surface area contributed by atoms with Crippen molar-refractivity contribution in [3.8, 4) is 0 Å². The van der Waals surface area contributed by atoms with Crippen LogP contribution in [-0.2, 0) is 4.74 Å². The Morgan fingerprint density at radius 2 is 2.33 bits per heavy atom. The number of rotatable bonds is 1. The Morgan fingerprint density at radius 3 is 2.56 bits per heavy atom. The normalized spacial score (nSPS) is 31.2. The van der Waals surface area contributed by atoms with E-state index in [4.69, 9.17) is 9.84 Å². The molecule has 1 heterocycles. The standard InChI is InChI=1S/C7H12O2/c1-7(2)4-3-6(5-8)9-7/h3-4,6,8H,5H2,1-2H3/t6-/m0/s1. The summed E-state index contributed by atoms with van der Waals surface area (Å²) in [4.78, 5) is 0. The molecule has 0 aromatic rings. The predicted molar refractivity (Wildman–Crippen MR) is 35.2 cm³/mol. The Hall–Kier alpha value is -0.340. The number of ether oxygens (including phenoxy) is 1. The Bertz CT molecular complexity index is 127. The van der Waals surface area contributed by atoms with Crippen LogP contribution in [0.4, 0.5) is 0 Å². The van der Waals surface area contributed by atoms with Gasteiger partial charge in [0.25, 0.3) is 0 Å². The molecule has 1 N–H and O–H groups in total. The Balaban J connectivity index is 2.50. The Morgan fingerprint density at radius 1 is 1.67 bits per heavy atom. The lowest BCUT2D eigenvalue weighted by atomic mass is 10.1. The summed E-state index contributed by atoms with van der Waals surface area (Å²) in [6.07, 6.45) is 3.77. The number of hydrogen-bond donors (Lipinski definition) is 1. The minimum Gasteiger partial charge on any atom is -0.393 e. The van der Waals surface area contributed by atoms with Gasteiger partial charge in [0.2, 0.25) is 0 Å². The van der Waals surface area contributed by atoms with Gasteiger partial charge in [-0.05, 0) is 13.8 Å². The molecule has 0 amide bonds. The summed E-state index contributed by atoms with van der Waals surface area (Å²) in [5, 5.41) is 8.62. The first-order chi connectivity index (χ1) is 4.14. The monoisotopic (exact) mass is 128 g/mol. The first kappa shape index (κ1) is 6.78. The summed E-state index contributed by atoms with van der Waals surface area (Å²) in [6.45, 7) is 4.03. The lowest BCUT2D eigenvalue weighted by Crippen LogP contribution is -2.22.